The zero-order valence-electron chi connectivity index (χ0n) is 14.5. The Kier molecular flexibility index (Phi) is 8.71. The summed E-state index contributed by atoms with van der Waals surface area (Å²) in [6, 6.07) is 0. The van der Waals surface area contributed by atoms with Gasteiger partial charge in [-0.25, -0.2) is 0 Å². The van der Waals surface area contributed by atoms with Crippen molar-refractivity contribution in [2.24, 2.45) is 4.99 Å². The Morgan fingerprint density at radius 2 is 2.17 bits per heavy atom. The second-order valence-corrected chi connectivity index (χ2v) is 5.27. The van der Waals surface area contributed by atoms with E-state index in [0.29, 0.717) is 19.0 Å². The quantitative estimate of drug-likeness (QED) is 0.395. The molecular formula is C15H28N6O2. The Labute approximate surface area is 137 Å². The highest BCUT2D eigenvalue weighted by molar-refractivity contribution is 5.80. The standard InChI is InChI=1S/C15H28N6O2/c1-5-13-20-19-11-21(13)10-9-18-15(16-6-2)17-8-7-14(22)23-12(3)4/h11-12H,5-10H2,1-4H3,(H2,16,17,18). The van der Waals surface area contributed by atoms with Crippen molar-refractivity contribution in [1.82, 2.24) is 25.4 Å². The highest BCUT2D eigenvalue weighted by atomic mass is 16.5. The van der Waals surface area contributed by atoms with Gasteiger partial charge in [0.05, 0.1) is 19.1 Å². The number of nitrogens with one attached hydrogen (secondary N) is 2. The summed E-state index contributed by atoms with van der Waals surface area (Å²) in [7, 11) is 0. The topological polar surface area (TPSA) is 93.4 Å². The molecular weight excluding hydrogens is 296 g/mol. The number of aryl methyl sites for hydroxylation is 1. The maximum Gasteiger partial charge on any atom is 0.307 e. The van der Waals surface area contributed by atoms with E-state index in [2.05, 4.69) is 32.7 Å². The second kappa shape index (κ2) is 10.6. The molecule has 2 N–H and O–H groups in total. The second-order valence-electron chi connectivity index (χ2n) is 5.27. The smallest absolute Gasteiger partial charge is 0.307 e. The number of aromatic nitrogens is 3. The largest absolute Gasteiger partial charge is 0.463 e. The van der Waals surface area contributed by atoms with Gasteiger partial charge in [-0.3, -0.25) is 9.79 Å². The molecule has 1 aromatic heterocycles. The van der Waals surface area contributed by atoms with Crippen LogP contribution < -0.4 is 10.6 Å². The van der Waals surface area contributed by atoms with Crippen molar-refractivity contribution in [3.05, 3.63) is 12.2 Å². The van der Waals surface area contributed by atoms with E-state index in [4.69, 9.17) is 4.74 Å². The van der Waals surface area contributed by atoms with Gasteiger partial charge in [0.15, 0.2) is 5.96 Å². The number of hydrogen-bond donors (Lipinski definition) is 2. The van der Waals surface area contributed by atoms with E-state index in [-0.39, 0.29) is 18.5 Å². The van der Waals surface area contributed by atoms with Gasteiger partial charge in [-0.05, 0) is 20.8 Å². The van der Waals surface area contributed by atoms with E-state index in [0.717, 1.165) is 25.3 Å². The van der Waals surface area contributed by atoms with Gasteiger partial charge in [-0.15, -0.1) is 10.2 Å². The zero-order chi connectivity index (χ0) is 17.1. The fourth-order valence-corrected chi connectivity index (χ4v) is 1.96. The lowest BCUT2D eigenvalue weighted by Crippen LogP contribution is -2.39. The van der Waals surface area contributed by atoms with E-state index in [1.807, 2.05) is 25.3 Å². The summed E-state index contributed by atoms with van der Waals surface area (Å²) in [5.74, 6) is 1.43. The fraction of sp³-hybridized carbons (Fsp3) is 0.733. The molecule has 0 aliphatic rings. The zero-order valence-corrected chi connectivity index (χ0v) is 14.5. The molecule has 8 nitrogen and oxygen atoms in total. The number of esters is 1. The first-order valence-corrected chi connectivity index (χ1v) is 8.15. The maximum atomic E-state index is 11.5. The molecule has 0 fully saturated rings. The van der Waals surface area contributed by atoms with Gasteiger partial charge in [0.25, 0.3) is 0 Å². The van der Waals surface area contributed by atoms with Crippen molar-refractivity contribution < 1.29 is 9.53 Å². The third kappa shape index (κ3) is 7.62. The van der Waals surface area contributed by atoms with Crippen molar-refractivity contribution in [2.45, 2.75) is 53.2 Å². The molecule has 130 valence electrons. The van der Waals surface area contributed by atoms with Gasteiger partial charge in [-0.1, -0.05) is 6.92 Å². The lowest BCUT2D eigenvalue weighted by atomic mass is 10.4. The van der Waals surface area contributed by atoms with Gasteiger partial charge in [0, 0.05) is 26.1 Å². The minimum absolute atomic E-state index is 0.0885. The molecule has 0 amide bonds. The fourth-order valence-electron chi connectivity index (χ4n) is 1.96. The third-order valence-electron chi connectivity index (χ3n) is 2.95. The van der Waals surface area contributed by atoms with Crippen LogP contribution in [-0.2, 0) is 22.5 Å². The Bertz CT molecular complexity index is 498. The Morgan fingerprint density at radius 1 is 1.39 bits per heavy atom. The number of nitrogens with zero attached hydrogens (tertiary/aromatic N) is 4. The van der Waals surface area contributed by atoms with Crippen molar-refractivity contribution in [3.8, 4) is 0 Å². The van der Waals surface area contributed by atoms with Crippen molar-refractivity contribution in [3.63, 3.8) is 0 Å². The summed E-state index contributed by atoms with van der Waals surface area (Å²) in [6.45, 7) is 10.3. The first-order chi connectivity index (χ1) is 11.1. The molecule has 1 rings (SSSR count). The molecule has 0 saturated carbocycles. The SMILES string of the molecule is CCNC(=NCCC(=O)OC(C)C)NCCn1cnnc1CC. The molecule has 8 heteroatoms. The van der Waals surface area contributed by atoms with Gasteiger partial charge in [-0.2, -0.15) is 0 Å². The normalized spacial score (nSPS) is 11.6. The number of carbonyl (C=O) groups is 1. The molecule has 1 aromatic rings. The summed E-state index contributed by atoms with van der Waals surface area (Å²) < 4.78 is 7.09. The van der Waals surface area contributed by atoms with E-state index < -0.39 is 0 Å². The monoisotopic (exact) mass is 324 g/mol. The minimum Gasteiger partial charge on any atom is -0.463 e. The number of ether oxygens (including phenoxy) is 1. The molecule has 0 aliphatic heterocycles. The summed E-state index contributed by atoms with van der Waals surface area (Å²) in [5.41, 5.74) is 0. The lowest BCUT2D eigenvalue weighted by Gasteiger charge is -2.12. The third-order valence-corrected chi connectivity index (χ3v) is 2.95. The average Bonchev–Trinajstić information content (AvgIpc) is 2.94. The van der Waals surface area contributed by atoms with Gasteiger partial charge in [0.2, 0.25) is 0 Å². The predicted octanol–water partition coefficient (Wildman–Crippen LogP) is 0.737. The Balaban J connectivity index is 2.38. The first kappa shape index (κ1) is 18.9. The van der Waals surface area contributed by atoms with E-state index >= 15 is 0 Å². The van der Waals surface area contributed by atoms with Gasteiger partial charge < -0.3 is 19.9 Å². The molecule has 1 heterocycles. The van der Waals surface area contributed by atoms with Crippen LogP contribution in [0.25, 0.3) is 0 Å². The van der Waals surface area contributed by atoms with Crippen LogP contribution >= 0.6 is 0 Å². The van der Waals surface area contributed by atoms with Crippen LogP contribution in [-0.4, -0.2) is 52.4 Å². The number of carbonyl (C=O) groups excluding carboxylic acids is 1. The van der Waals surface area contributed by atoms with Gasteiger partial charge >= 0.3 is 5.97 Å². The summed E-state index contributed by atoms with van der Waals surface area (Å²) in [6.07, 6.45) is 2.77. The summed E-state index contributed by atoms with van der Waals surface area (Å²) in [5, 5.41) is 14.3. The molecule has 0 aliphatic carbocycles. The van der Waals surface area contributed by atoms with E-state index in [9.17, 15) is 4.79 Å². The summed E-state index contributed by atoms with van der Waals surface area (Å²) >= 11 is 0. The lowest BCUT2D eigenvalue weighted by molar-refractivity contribution is -0.147. The van der Waals surface area contributed by atoms with Crippen LogP contribution in [0.3, 0.4) is 0 Å². The average molecular weight is 324 g/mol. The molecule has 0 unspecified atom stereocenters. The molecule has 0 radical (unpaired) electrons. The molecule has 0 bridgehead atoms. The van der Waals surface area contributed by atoms with Crippen LogP contribution in [0.5, 0.6) is 0 Å². The summed E-state index contributed by atoms with van der Waals surface area (Å²) in [4.78, 5) is 15.9. The van der Waals surface area contributed by atoms with Crippen LogP contribution in [0.2, 0.25) is 0 Å². The molecule has 0 atom stereocenters. The molecule has 0 saturated heterocycles. The van der Waals surface area contributed by atoms with E-state index in [1.54, 1.807) is 6.33 Å². The molecule has 0 aromatic carbocycles. The van der Waals surface area contributed by atoms with Crippen LogP contribution in [0.15, 0.2) is 11.3 Å². The molecule has 23 heavy (non-hydrogen) atoms. The number of aliphatic imine (C=N–C) groups is 1. The van der Waals surface area contributed by atoms with Crippen LogP contribution in [0.1, 0.15) is 39.9 Å². The first-order valence-electron chi connectivity index (χ1n) is 8.15. The van der Waals surface area contributed by atoms with Gasteiger partial charge in [0.1, 0.15) is 12.2 Å². The highest BCUT2D eigenvalue weighted by Crippen LogP contribution is 1.95. The maximum absolute atomic E-state index is 11.5. The van der Waals surface area contributed by atoms with Crippen LogP contribution in [0.4, 0.5) is 0 Å². The van der Waals surface area contributed by atoms with E-state index in [1.165, 1.54) is 0 Å². The Hall–Kier alpha value is -2.12. The van der Waals surface area contributed by atoms with Crippen molar-refractivity contribution in [1.29, 1.82) is 0 Å². The number of rotatable bonds is 9. The van der Waals surface area contributed by atoms with Crippen molar-refractivity contribution in [2.75, 3.05) is 19.6 Å². The molecule has 0 spiro atoms. The van der Waals surface area contributed by atoms with Crippen molar-refractivity contribution >= 4 is 11.9 Å². The Morgan fingerprint density at radius 3 is 2.83 bits per heavy atom. The van der Waals surface area contributed by atoms with Crippen LogP contribution in [0, 0.1) is 0 Å². The highest BCUT2D eigenvalue weighted by Gasteiger charge is 2.05. The number of guanidine groups is 1. The minimum atomic E-state index is -0.225. The predicted molar refractivity (Wildman–Crippen MR) is 89.2 cm³/mol. The number of hydrogen-bond acceptors (Lipinski definition) is 5.